The Bertz CT molecular complexity index is 1590. The Morgan fingerprint density at radius 3 is 2.51 bits per heavy atom. The molecule has 0 aliphatic heterocycles. The van der Waals surface area contributed by atoms with E-state index in [-0.39, 0.29) is 28.5 Å². The van der Waals surface area contributed by atoms with E-state index < -0.39 is 36.3 Å². The number of phenols is 1. The molecule has 0 radical (unpaired) electrons. The summed E-state index contributed by atoms with van der Waals surface area (Å²) < 4.78 is 54.7. The third-order valence-electron chi connectivity index (χ3n) is 6.37. The Morgan fingerprint density at radius 2 is 1.81 bits per heavy atom. The van der Waals surface area contributed by atoms with Crippen LogP contribution in [0.3, 0.4) is 0 Å². The predicted octanol–water partition coefficient (Wildman–Crippen LogP) is 6.48. The smallest absolute Gasteiger partial charge is 0.471 e. The fraction of sp³-hybridized carbons (Fsp3) is 0.233. The molecule has 4 rings (SSSR count). The van der Waals surface area contributed by atoms with Crippen LogP contribution in [0.5, 0.6) is 11.5 Å². The maximum atomic E-state index is 12.9. The van der Waals surface area contributed by atoms with E-state index in [0.29, 0.717) is 35.1 Å². The molecule has 1 amide bonds. The lowest BCUT2D eigenvalue weighted by Gasteiger charge is -2.20. The molecule has 0 fully saturated rings. The zero-order valence-electron chi connectivity index (χ0n) is 22.6. The van der Waals surface area contributed by atoms with E-state index in [4.69, 9.17) is 32.4 Å². The number of halogens is 5. The molecule has 1 aromatic heterocycles. The summed E-state index contributed by atoms with van der Waals surface area (Å²) in [6.45, 7) is 0.384. The van der Waals surface area contributed by atoms with Crippen LogP contribution < -0.4 is 10.1 Å². The number of methoxy groups -OCH3 is 1. The number of benzene rings is 3. The van der Waals surface area contributed by atoms with Gasteiger partial charge in [0, 0.05) is 12.0 Å². The number of hydrogen-bond donors (Lipinski definition) is 2. The summed E-state index contributed by atoms with van der Waals surface area (Å²) in [7, 11) is 0.972. The quantitative estimate of drug-likeness (QED) is 0.181. The van der Waals surface area contributed by atoms with E-state index in [1.54, 1.807) is 23.5 Å². The molecule has 43 heavy (non-hydrogen) atoms. The lowest BCUT2D eigenvalue weighted by Crippen LogP contribution is -2.48. The Morgan fingerprint density at radius 1 is 1.07 bits per heavy atom. The number of carbonyl (C=O) groups is 2. The van der Waals surface area contributed by atoms with Gasteiger partial charge < -0.3 is 24.3 Å². The highest BCUT2D eigenvalue weighted by Gasteiger charge is 2.41. The summed E-state index contributed by atoms with van der Waals surface area (Å²) in [4.78, 5) is 28.3. The van der Waals surface area contributed by atoms with Crippen molar-refractivity contribution in [3.8, 4) is 23.0 Å². The molecular formula is C30H25Cl2F3N2O6. The van der Waals surface area contributed by atoms with Gasteiger partial charge in [0.2, 0.25) is 5.89 Å². The molecule has 0 aliphatic rings. The predicted molar refractivity (Wildman–Crippen MR) is 152 cm³/mol. The lowest BCUT2D eigenvalue weighted by atomic mass is 9.96. The summed E-state index contributed by atoms with van der Waals surface area (Å²) in [5, 5.41) is 11.6. The number of oxazole rings is 1. The molecule has 0 aliphatic carbocycles. The molecule has 0 bridgehead atoms. The fourth-order valence-electron chi connectivity index (χ4n) is 4.21. The van der Waals surface area contributed by atoms with Gasteiger partial charge in [-0.25, -0.2) is 9.78 Å². The van der Waals surface area contributed by atoms with Gasteiger partial charge in [0.05, 0.1) is 22.8 Å². The van der Waals surface area contributed by atoms with E-state index in [1.165, 1.54) is 12.3 Å². The van der Waals surface area contributed by atoms with E-state index in [9.17, 15) is 27.9 Å². The Kier molecular flexibility index (Phi) is 10.2. The molecule has 2 N–H and O–H groups in total. The number of phenolic OH excluding ortho intramolecular Hbond substituents is 1. The van der Waals surface area contributed by atoms with Crippen molar-refractivity contribution in [3.63, 3.8) is 0 Å². The molecular weight excluding hydrogens is 612 g/mol. The number of aromatic hydroxyl groups is 1. The molecule has 4 aromatic rings. The Balaban J connectivity index is 1.51. The number of ether oxygens (including phenoxy) is 2. The average Bonchev–Trinajstić information content (AvgIpc) is 3.47. The highest BCUT2D eigenvalue weighted by Crippen LogP contribution is 2.38. The maximum Gasteiger partial charge on any atom is 0.471 e. The number of rotatable bonds is 11. The van der Waals surface area contributed by atoms with Gasteiger partial charge in [0.1, 0.15) is 24.7 Å². The number of alkyl halides is 3. The first-order valence-electron chi connectivity index (χ1n) is 12.8. The fourth-order valence-corrected chi connectivity index (χ4v) is 4.80. The third kappa shape index (κ3) is 8.20. The normalized spacial score (nSPS) is 12.0. The minimum absolute atomic E-state index is 0.131. The van der Waals surface area contributed by atoms with Crippen LogP contribution in [0.4, 0.5) is 13.2 Å². The highest BCUT2D eigenvalue weighted by atomic mass is 35.5. The van der Waals surface area contributed by atoms with Crippen LogP contribution in [-0.2, 0) is 40.2 Å². The molecule has 3 aromatic carbocycles. The number of carbonyl (C=O) groups excluding carboxylic acids is 2. The van der Waals surface area contributed by atoms with Crippen molar-refractivity contribution in [2.45, 2.75) is 38.1 Å². The van der Waals surface area contributed by atoms with Gasteiger partial charge in [0.15, 0.2) is 5.75 Å². The van der Waals surface area contributed by atoms with Crippen molar-refractivity contribution in [1.82, 2.24) is 10.3 Å². The summed E-state index contributed by atoms with van der Waals surface area (Å²) in [6.07, 6.45) is -3.86. The first-order valence-corrected chi connectivity index (χ1v) is 13.6. The molecule has 0 spiro atoms. The molecule has 0 saturated carbocycles. The van der Waals surface area contributed by atoms with Crippen molar-refractivity contribution in [3.05, 3.63) is 99.4 Å². The second-order valence-corrected chi connectivity index (χ2v) is 10.1. The zero-order chi connectivity index (χ0) is 31.1. The number of amides is 1. The topological polar surface area (TPSA) is 111 Å². The van der Waals surface area contributed by atoms with Gasteiger partial charge >= 0.3 is 18.1 Å². The highest BCUT2D eigenvalue weighted by molar-refractivity contribution is 6.37. The minimum atomic E-state index is -5.22. The van der Waals surface area contributed by atoms with Crippen LogP contribution in [0.1, 0.15) is 22.4 Å². The van der Waals surface area contributed by atoms with Gasteiger partial charge in [-0.1, -0.05) is 59.6 Å². The third-order valence-corrected chi connectivity index (χ3v) is 7.07. The number of nitrogens with one attached hydrogen (secondary N) is 1. The molecule has 13 heteroatoms. The largest absolute Gasteiger partial charge is 0.505 e. The Labute approximate surface area is 254 Å². The molecule has 8 nitrogen and oxygen atoms in total. The van der Waals surface area contributed by atoms with Crippen LogP contribution in [0, 0.1) is 0 Å². The van der Waals surface area contributed by atoms with Crippen molar-refractivity contribution in [2.75, 3.05) is 7.11 Å². The number of esters is 1. The standard InChI is InChI=1S/C30H25Cl2F3N2O6/c1-41-28(39)24(37-29(40)30(33,34)35)14-19-13-23(31)26(38)25(32)22(19)11-10-20-16-43-27(36-20)18-8-5-9-21(12-18)42-15-17-6-3-2-4-7-17/h2-9,12-13,16,24,38H,10-11,14-15H2,1H3,(H,37,40)/t24-/m0/s1. The van der Waals surface area contributed by atoms with E-state index in [2.05, 4.69) is 9.72 Å². The van der Waals surface area contributed by atoms with Crippen LogP contribution >= 0.6 is 23.2 Å². The zero-order valence-corrected chi connectivity index (χ0v) is 24.1. The average molecular weight is 637 g/mol. The van der Waals surface area contributed by atoms with Gasteiger partial charge in [0.25, 0.3) is 0 Å². The number of aromatic nitrogens is 1. The first-order chi connectivity index (χ1) is 20.5. The van der Waals surface area contributed by atoms with Crippen LogP contribution in [0.25, 0.3) is 11.5 Å². The van der Waals surface area contributed by atoms with Crippen molar-refractivity contribution < 1.29 is 41.8 Å². The second-order valence-electron chi connectivity index (χ2n) is 9.36. The summed E-state index contributed by atoms with van der Waals surface area (Å²) in [5.41, 5.74) is 2.70. The van der Waals surface area contributed by atoms with Crippen molar-refractivity contribution in [2.24, 2.45) is 0 Å². The van der Waals surface area contributed by atoms with Gasteiger partial charge in [-0.15, -0.1) is 0 Å². The molecule has 1 atom stereocenters. The van der Waals surface area contributed by atoms with Crippen LogP contribution in [0.15, 0.2) is 71.3 Å². The van der Waals surface area contributed by atoms with Gasteiger partial charge in [-0.05, 0) is 53.8 Å². The van der Waals surface area contributed by atoms with E-state index in [0.717, 1.165) is 12.7 Å². The summed E-state index contributed by atoms with van der Waals surface area (Å²) in [5.74, 6) is -2.92. The summed E-state index contributed by atoms with van der Waals surface area (Å²) in [6, 6.07) is 16.4. The summed E-state index contributed by atoms with van der Waals surface area (Å²) >= 11 is 12.4. The molecule has 1 heterocycles. The Hall–Kier alpha value is -4.22. The van der Waals surface area contributed by atoms with E-state index in [1.807, 2.05) is 36.4 Å². The SMILES string of the molecule is COC(=O)[C@H](Cc1cc(Cl)c(O)c(Cl)c1CCc1coc(-c2cccc(OCc3ccccc3)c2)n1)NC(=O)C(F)(F)F. The number of nitrogens with zero attached hydrogens (tertiary/aromatic N) is 1. The molecule has 226 valence electrons. The second kappa shape index (κ2) is 13.8. The lowest BCUT2D eigenvalue weighted by molar-refractivity contribution is -0.175. The molecule has 0 unspecified atom stereocenters. The van der Waals surface area contributed by atoms with Crippen molar-refractivity contribution >= 4 is 35.1 Å². The minimum Gasteiger partial charge on any atom is -0.505 e. The maximum absolute atomic E-state index is 12.9. The van der Waals surface area contributed by atoms with Crippen molar-refractivity contribution in [1.29, 1.82) is 0 Å². The number of aryl methyl sites for hydroxylation is 1. The van der Waals surface area contributed by atoms with Gasteiger partial charge in [-0.2, -0.15) is 13.2 Å². The number of hydrogen-bond acceptors (Lipinski definition) is 7. The van der Waals surface area contributed by atoms with Crippen LogP contribution in [-0.4, -0.2) is 41.3 Å². The molecule has 0 saturated heterocycles. The first kappa shape index (κ1) is 31.7. The monoisotopic (exact) mass is 636 g/mol. The van der Waals surface area contributed by atoms with Gasteiger partial charge in [-0.3, -0.25) is 4.79 Å². The van der Waals surface area contributed by atoms with E-state index >= 15 is 0 Å². The van der Waals surface area contributed by atoms with Crippen LogP contribution in [0.2, 0.25) is 10.0 Å².